The maximum atomic E-state index is 12.4. The van der Waals surface area contributed by atoms with Crippen molar-refractivity contribution in [2.75, 3.05) is 5.32 Å². The van der Waals surface area contributed by atoms with Crippen LogP contribution in [0.1, 0.15) is 21.6 Å². The van der Waals surface area contributed by atoms with E-state index in [-0.39, 0.29) is 5.91 Å². The lowest BCUT2D eigenvalue weighted by atomic mass is 10.1. The van der Waals surface area contributed by atoms with Gasteiger partial charge >= 0.3 is 0 Å². The SMILES string of the molecule is N#Cc1ccc(Cc2cnc(NC(=O)C3Cc4ccccc4O3)s2)cc1. The van der Waals surface area contributed by atoms with Gasteiger partial charge in [0, 0.05) is 23.9 Å². The second-order valence-corrected chi connectivity index (χ2v) is 7.14. The van der Waals surface area contributed by atoms with Gasteiger partial charge < -0.3 is 4.74 Å². The zero-order chi connectivity index (χ0) is 17.9. The normalized spacial score (nSPS) is 15.0. The summed E-state index contributed by atoms with van der Waals surface area (Å²) in [5.41, 5.74) is 2.79. The first kappa shape index (κ1) is 16.3. The highest BCUT2D eigenvalue weighted by Crippen LogP contribution is 2.29. The molecule has 1 atom stereocenters. The highest BCUT2D eigenvalue weighted by molar-refractivity contribution is 7.15. The van der Waals surface area contributed by atoms with E-state index in [9.17, 15) is 4.79 Å². The molecule has 0 fully saturated rings. The first-order valence-electron chi connectivity index (χ1n) is 8.20. The lowest BCUT2D eigenvalue weighted by molar-refractivity contribution is -0.122. The summed E-state index contributed by atoms with van der Waals surface area (Å²) < 4.78 is 5.70. The van der Waals surface area contributed by atoms with Gasteiger partial charge in [0.1, 0.15) is 5.75 Å². The monoisotopic (exact) mass is 361 g/mol. The molecule has 0 saturated carbocycles. The van der Waals surface area contributed by atoms with Gasteiger partial charge in [0.15, 0.2) is 11.2 Å². The van der Waals surface area contributed by atoms with Crippen molar-refractivity contribution in [1.82, 2.24) is 4.98 Å². The molecule has 0 spiro atoms. The number of amides is 1. The molecule has 1 aliphatic heterocycles. The van der Waals surface area contributed by atoms with E-state index in [4.69, 9.17) is 10.00 Å². The molecule has 0 aliphatic carbocycles. The highest BCUT2D eigenvalue weighted by Gasteiger charge is 2.29. The number of rotatable bonds is 4. The Bertz CT molecular complexity index is 964. The molecule has 1 aliphatic rings. The predicted molar refractivity (Wildman–Crippen MR) is 99.3 cm³/mol. The van der Waals surface area contributed by atoms with E-state index in [1.54, 1.807) is 18.3 Å². The molecule has 3 aromatic rings. The Morgan fingerprint density at radius 2 is 2.08 bits per heavy atom. The van der Waals surface area contributed by atoms with Crippen molar-refractivity contribution in [1.29, 1.82) is 5.26 Å². The summed E-state index contributed by atoms with van der Waals surface area (Å²) >= 11 is 1.45. The molecule has 0 saturated heterocycles. The zero-order valence-corrected chi connectivity index (χ0v) is 14.6. The molecule has 0 bridgehead atoms. The summed E-state index contributed by atoms with van der Waals surface area (Å²) in [5, 5.41) is 12.3. The lowest BCUT2D eigenvalue weighted by Crippen LogP contribution is -2.31. The molecule has 1 amide bonds. The molecule has 6 heteroatoms. The number of fused-ring (bicyclic) bond motifs is 1. The minimum atomic E-state index is -0.515. The van der Waals surface area contributed by atoms with Crippen LogP contribution in [-0.4, -0.2) is 17.0 Å². The fourth-order valence-electron chi connectivity index (χ4n) is 2.86. The Hall–Kier alpha value is -3.17. The van der Waals surface area contributed by atoms with E-state index < -0.39 is 6.10 Å². The van der Waals surface area contributed by atoms with E-state index in [1.165, 1.54) is 11.3 Å². The van der Waals surface area contributed by atoms with E-state index >= 15 is 0 Å². The second-order valence-electron chi connectivity index (χ2n) is 6.02. The number of hydrogen-bond donors (Lipinski definition) is 1. The Morgan fingerprint density at radius 1 is 1.27 bits per heavy atom. The van der Waals surface area contributed by atoms with Crippen LogP contribution in [0.3, 0.4) is 0 Å². The smallest absolute Gasteiger partial charge is 0.267 e. The number of benzene rings is 2. The first-order valence-corrected chi connectivity index (χ1v) is 9.02. The minimum Gasteiger partial charge on any atom is -0.480 e. The number of nitriles is 1. The third kappa shape index (κ3) is 3.44. The van der Waals surface area contributed by atoms with E-state index in [0.29, 0.717) is 23.5 Å². The van der Waals surface area contributed by atoms with Crippen molar-refractivity contribution in [2.24, 2.45) is 0 Å². The number of aromatic nitrogens is 1. The third-order valence-electron chi connectivity index (χ3n) is 4.18. The summed E-state index contributed by atoms with van der Waals surface area (Å²) in [4.78, 5) is 17.7. The number of carbonyl (C=O) groups is 1. The van der Waals surface area contributed by atoms with Crippen LogP contribution in [0.25, 0.3) is 0 Å². The number of ether oxygens (including phenoxy) is 1. The number of hydrogen-bond acceptors (Lipinski definition) is 5. The van der Waals surface area contributed by atoms with Crippen molar-refractivity contribution < 1.29 is 9.53 Å². The predicted octanol–water partition coefficient (Wildman–Crippen LogP) is 3.55. The Kier molecular flexibility index (Phi) is 4.38. The van der Waals surface area contributed by atoms with Crippen LogP contribution in [0.5, 0.6) is 5.75 Å². The van der Waals surface area contributed by atoms with Gasteiger partial charge in [-0.05, 0) is 29.3 Å². The van der Waals surface area contributed by atoms with Gasteiger partial charge in [0.05, 0.1) is 11.6 Å². The molecule has 128 valence electrons. The third-order valence-corrected chi connectivity index (χ3v) is 5.10. The standard InChI is InChI=1S/C20H15N3O2S/c21-11-14-7-5-13(6-8-14)9-16-12-22-20(26-16)23-19(24)18-10-15-3-1-2-4-17(15)25-18/h1-8,12,18H,9-10H2,(H,22,23,24). The number of para-hydroxylation sites is 1. The summed E-state index contributed by atoms with van der Waals surface area (Å²) in [6, 6.07) is 17.3. The van der Waals surface area contributed by atoms with Crippen LogP contribution in [0.2, 0.25) is 0 Å². The van der Waals surface area contributed by atoms with Crippen LogP contribution in [0.15, 0.2) is 54.7 Å². The molecule has 2 aromatic carbocycles. The van der Waals surface area contributed by atoms with Gasteiger partial charge in [-0.25, -0.2) is 4.98 Å². The van der Waals surface area contributed by atoms with Gasteiger partial charge in [-0.2, -0.15) is 5.26 Å². The largest absolute Gasteiger partial charge is 0.480 e. The Balaban J connectivity index is 1.38. The average Bonchev–Trinajstić information content (AvgIpc) is 3.29. The molecule has 1 N–H and O–H groups in total. The molecular formula is C20H15N3O2S. The molecule has 1 aromatic heterocycles. The van der Waals surface area contributed by atoms with Crippen LogP contribution in [0.4, 0.5) is 5.13 Å². The van der Waals surface area contributed by atoms with Crippen molar-refractivity contribution in [3.8, 4) is 11.8 Å². The van der Waals surface area contributed by atoms with Gasteiger partial charge in [0.25, 0.3) is 5.91 Å². The van der Waals surface area contributed by atoms with Crippen LogP contribution < -0.4 is 10.1 Å². The second kappa shape index (κ2) is 6.98. The van der Waals surface area contributed by atoms with Crippen molar-refractivity contribution in [2.45, 2.75) is 18.9 Å². The first-order chi connectivity index (χ1) is 12.7. The molecule has 5 nitrogen and oxygen atoms in total. The minimum absolute atomic E-state index is 0.180. The summed E-state index contributed by atoms with van der Waals surface area (Å²) in [5.74, 6) is 0.591. The summed E-state index contributed by atoms with van der Waals surface area (Å²) in [6.07, 6.45) is 2.54. The fourth-order valence-corrected chi connectivity index (χ4v) is 3.71. The fraction of sp³-hybridized carbons (Fsp3) is 0.150. The summed E-state index contributed by atoms with van der Waals surface area (Å²) in [6.45, 7) is 0. The molecule has 26 heavy (non-hydrogen) atoms. The number of nitrogens with one attached hydrogen (secondary N) is 1. The molecule has 2 heterocycles. The molecule has 1 unspecified atom stereocenters. The van der Waals surface area contributed by atoms with Crippen molar-refractivity contribution in [3.63, 3.8) is 0 Å². The van der Waals surface area contributed by atoms with Gasteiger partial charge in [0.2, 0.25) is 0 Å². The van der Waals surface area contributed by atoms with E-state index in [2.05, 4.69) is 16.4 Å². The number of anilines is 1. The van der Waals surface area contributed by atoms with Crippen molar-refractivity contribution >= 4 is 22.4 Å². The molecule has 0 radical (unpaired) electrons. The quantitative estimate of drug-likeness (QED) is 0.771. The average molecular weight is 361 g/mol. The number of carbonyl (C=O) groups excluding carboxylic acids is 1. The van der Waals surface area contributed by atoms with Crippen LogP contribution in [0, 0.1) is 11.3 Å². The van der Waals surface area contributed by atoms with Crippen LogP contribution in [-0.2, 0) is 17.6 Å². The number of nitrogens with zero attached hydrogens (tertiary/aromatic N) is 2. The van der Waals surface area contributed by atoms with Crippen LogP contribution >= 0.6 is 11.3 Å². The molecular weight excluding hydrogens is 346 g/mol. The van der Waals surface area contributed by atoms with Gasteiger partial charge in [-0.15, -0.1) is 11.3 Å². The van der Waals surface area contributed by atoms with Crippen molar-refractivity contribution in [3.05, 3.63) is 76.3 Å². The number of thiazole rings is 1. The Labute approximate surface area is 154 Å². The topological polar surface area (TPSA) is 75.0 Å². The maximum absolute atomic E-state index is 12.4. The van der Waals surface area contributed by atoms with E-state index in [1.807, 2.05) is 36.4 Å². The molecule has 4 rings (SSSR count). The lowest BCUT2D eigenvalue weighted by Gasteiger charge is -2.09. The maximum Gasteiger partial charge on any atom is 0.267 e. The summed E-state index contributed by atoms with van der Waals surface area (Å²) in [7, 11) is 0. The van der Waals surface area contributed by atoms with E-state index in [0.717, 1.165) is 21.8 Å². The highest BCUT2D eigenvalue weighted by atomic mass is 32.1. The zero-order valence-electron chi connectivity index (χ0n) is 13.8. The Morgan fingerprint density at radius 3 is 2.85 bits per heavy atom. The van der Waals surface area contributed by atoms with Gasteiger partial charge in [-0.1, -0.05) is 30.3 Å². The van der Waals surface area contributed by atoms with Gasteiger partial charge in [-0.3, -0.25) is 10.1 Å².